The standard InChI is InChI=1S/C13H21FN2O4S/c1-21(18,19)16-7-8-20-11-3-6-15(9-10(11)16)12(17)13(14)4-2-5-13/h10-11H,2-9H2,1H3/t10-,11-/m0/s1. The lowest BCUT2D eigenvalue weighted by atomic mass is 9.80. The number of carbonyl (C=O) groups excluding carboxylic acids is 1. The van der Waals surface area contributed by atoms with Crippen molar-refractivity contribution in [1.82, 2.24) is 9.21 Å². The van der Waals surface area contributed by atoms with Gasteiger partial charge in [0.05, 0.1) is 25.0 Å². The molecular weight excluding hydrogens is 299 g/mol. The highest BCUT2D eigenvalue weighted by atomic mass is 32.2. The van der Waals surface area contributed by atoms with Crippen LogP contribution in [0, 0.1) is 0 Å². The lowest BCUT2D eigenvalue weighted by molar-refractivity contribution is -0.156. The van der Waals surface area contributed by atoms with Gasteiger partial charge in [-0.05, 0) is 25.7 Å². The van der Waals surface area contributed by atoms with E-state index in [1.807, 2.05) is 0 Å². The second-order valence-electron chi connectivity index (χ2n) is 6.21. The first-order valence-corrected chi connectivity index (χ1v) is 9.23. The van der Waals surface area contributed by atoms with Crippen molar-refractivity contribution in [3.8, 4) is 0 Å². The molecule has 3 aliphatic rings. The Kier molecular flexibility index (Phi) is 3.74. The fourth-order valence-corrected chi connectivity index (χ4v) is 4.52. The Morgan fingerprint density at radius 2 is 2.05 bits per heavy atom. The van der Waals surface area contributed by atoms with Crippen molar-refractivity contribution in [1.29, 1.82) is 0 Å². The third kappa shape index (κ3) is 2.68. The average Bonchev–Trinajstić information content (AvgIpc) is 2.41. The number of amides is 1. The van der Waals surface area contributed by atoms with Crippen molar-refractivity contribution < 1.29 is 22.3 Å². The molecule has 2 aliphatic heterocycles. The lowest BCUT2D eigenvalue weighted by Crippen LogP contribution is -2.64. The van der Waals surface area contributed by atoms with Crippen LogP contribution in [0.25, 0.3) is 0 Å². The highest BCUT2D eigenvalue weighted by Gasteiger charge is 2.50. The number of hydrogen-bond acceptors (Lipinski definition) is 4. The molecule has 2 atom stereocenters. The van der Waals surface area contributed by atoms with Gasteiger partial charge in [0.15, 0.2) is 5.67 Å². The van der Waals surface area contributed by atoms with Gasteiger partial charge >= 0.3 is 0 Å². The summed E-state index contributed by atoms with van der Waals surface area (Å²) in [5.74, 6) is -0.480. The molecule has 0 spiro atoms. The minimum atomic E-state index is -3.35. The number of hydrogen-bond donors (Lipinski definition) is 0. The third-order valence-corrected chi connectivity index (χ3v) is 6.08. The van der Waals surface area contributed by atoms with Gasteiger partial charge in [-0.3, -0.25) is 4.79 Å². The molecule has 3 fully saturated rings. The van der Waals surface area contributed by atoms with Gasteiger partial charge in [-0.2, -0.15) is 4.31 Å². The SMILES string of the molecule is CS(=O)(=O)N1CCO[C@H]2CCN(C(=O)C3(F)CCC3)C[C@@H]21. The Labute approximate surface area is 124 Å². The fourth-order valence-electron chi connectivity index (χ4n) is 3.42. The van der Waals surface area contributed by atoms with E-state index in [0.29, 0.717) is 26.1 Å². The highest BCUT2D eigenvalue weighted by Crippen LogP contribution is 2.38. The number of fused-ring (bicyclic) bond motifs is 1. The summed E-state index contributed by atoms with van der Waals surface area (Å²) in [6.45, 7) is 1.32. The number of carbonyl (C=O) groups is 1. The van der Waals surface area contributed by atoms with Crippen LogP contribution in [0.5, 0.6) is 0 Å². The smallest absolute Gasteiger partial charge is 0.260 e. The zero-order chi connectivity index (χ0) is 15.3. The monoisotopic (exact) mass is 320 g/mol. The Morgan fingerprint density at radius 1 is 1.33 bits per heavy atom. The second kappa shape index (κ2) is 5.17. The third-order valence-electron chi connectivity index (χ3n) is 4.78. The number of sulfonamides is 1. The fraction of sp³-hybridized carbons (Fsp3) is 0.923. The van der Waals surface area contributed by atoms with E-state index in [1.54, 1.807) is 0 Å². The Balaban J connectivity index is 1.76. The topological polar surface area (TPSA) is 66.9 Å². The molecule has 1 aliphatic carbocycles. The number of morpholine rings is 1. The zero-order valence-corrected chi connectivity index (χ0v) is 12.9. The largest absolute Gasteiger partial charge is 0.375 e. The van der Waals surface area contributed by atoms with Crippen molar-refractivity contribution in [2.24, 2.45) is 0 Å². The molecular formula is C13H21FN2O4S. The van der Waals surface area contributed by atoms with Gasteiger partial charge in [0.2, 0.25) is 10.0 Å². The van der Waals surface area contributed by atoms with E-state index < -0.39 is 27.6 Å². The summed E-state index contributed by atoms with van der Waals surface area (Å²) in [7, 11) is -3.35. The van der Waals surface area contributed by atoms with Gasteiger partial charge in [-0.25, -0.2) is 12.8 Å². The van der Waals surface area contributed by atoms with E-state index in [4.69, 9.17) is 4.74 Å². The molecule has 6 nitrogen and oxygen atoms in total. The molecule has 0 unspecified atom stereocenters. The number of nitrogens with zero attached hydrogens (tertiary/aromatic N) is 2. The minimum Gasteiger partial charge on any atom is -0.375 e. The van der Waals surface area contributed by atoms with Crippen LogP contribution in [0.3, 0.4) is 0 Å². The van der Waals surface area contributed by atoms with E-state index in [2.05, 4.69) is 0 Å². The molecule has 0 bridgehead atoms. The second-order valence-corrected chi connectivity index (χ2v) is 8.14. The molecule has 1 amide bonds. The average molecular weight is 320 g/mol. The van der Waals surface area contributed by atoms with Crippen molar-refractivity contribution in [3.63, 3.8) is 0 Å². The summed E-state index contributed by atoms with van der Waals surface area (Å²) in [4.78, 5) is 13.8. The summed E-state index contributed by atoms with van der Waals surface area (Å²) in [6, 6.07) is -0.393. The normalized spacial score (nSPS) is 33.1. The van der Waals surface area contributed by atoms with Crippen molar-refractivity contribution in [2.75, 3.05) is 32.5 Å². The van der Waals surface area contributed by atoms with Crippen LogP contribution in [-0.4, -0.2) is 73.8 Å². The van der Waals surface area contributed by atoms with Gasteiger partial charge < -0.3 is 9.64 Å². The van der Waals surface area contributed by atoms with Crippen molar-refractivity contribution >= 4 is 15.9 Å². The van der Waals surface area contributed by atoms with Gasteiger partial charge in [0.25, 0.3) is 5.91 Å². The van der Waals surface area contributed by atoms with E-state index in [9.17, 15) is 17.6 Å². The summed E-state index contributed by atoms with van der Waals surface area (Å²) < 4.78 is 45.1. The molecule has 0 radical (unpaired) electrons. The van der Waals surface area contributed by atoms with Crippen LogP contribution in [0.2, 0.25) is 0 Å². The van der Waals surface area contributed by atoms with Gasteiger partial charge in [-0.1, -0.05) is 0 Å². The Morgan fingerprint density at radius 3 is 2.62 bits per heavy atom. The number of halogens is 1. The number of rotatable bonds is 2. The van der Waals surface area contributed by atoms with Crippen molar-refractivity contribution in [2.45, 2.75) is 43.5 Å². The van der Waals surface area contributed by atoms with Gasteiger partial charge in [0, 0.05) is 19.6 Å². The zero-order valence-electron chi connectivity index (χ0n) is 12.1. The maximum atomic E-state index is 14.3. The Hall–Kier alpha value is -0.730. The van der Waals surface area contributed by atoms with Gasteiger partial charge in [0.1, 0.15) is 0 Å². The molecule has 3 rings (SSSR count). The molecule has 0 aromatic heterocycles. The number of likely N-dealkylation sites (tertiary alicyclic amines) is 1. The first-order chi connectivity index (χ1) is 9.81. The molecule has 120 valence electrons. The molecule has 21 heavy (non-hydrogen) atoms. The molecule has 1 saturated carbocycles. The van der Waals surface area contributed by atoms with Crippen LogP contribution < -0.4 is 0 Å². The van der Waals surface area contributed by atoms with E-state index in [1.165, 1.54) is 15.5 Å². The predicted octanol–water partition coefficient (Wildman–Crippen LogP) is 0.140. The van der Waals surface area contributed by atoms with E-state index >= 15 is 0 Å². The molecule has 2 saturated heterocycles. The van der Waals surface area contributed by atoms with Gasteiger partial charge in [-0.15, -0.1) is 0 Å². The maximum Gasteiger partial charge on any atom is 0.260 e. The minimum absolute atomic E-state index is 0.200. The van der Waals surface area contributed by atoms with Crippen molar-refractivity contribution in [3.05, 3.63) is 0 Å². The van der Waals surface area contributed by atoms with Crippen LogP contribution in [0.4, 0.5) is 4.39 Å². The molecule has 8 heteroatoms. The molecule has 0 aromatic carbocycles. The summed E-state index contributed by atoms with van der Waals surface area (Å²) >= 11 is 0. The number of piperidine rings is 1. The predicted molar refractivity (Wildman–Crippen MR) is 74.0 cm³/mol. The van der Waals surface area contributed by atoms with Crippen LogP contribution in [-0.2, 0) is 19.6 Å². The van der Waals surface area contributed by atoms with E-state index in [-0.39, 0.29) is 25.5 Å². The molecule has 0 N–H and O–H groups in total. The summed E-state index contributed by atoms with van der Waals surface area (Å²) in [5.41, 5.74) is -1.72. The van der Waals surface area contributed by atoms with Crippen LogP contribution in [0.1, 0.15) is 25.7 Å². The quantitative estimate of drug-likeness (QED) is 0.726. The highest BCUT2D eigenvalue weighted by molar-refractivity contribution is 7.88. The van der Waals surface area contributed by atoms with E-state index in [0.717, 1.165) is 6.42 Å². The Bertz CT molecular complexity index is 534. The first kappa shape index (κ1) is 15.2. The van der Waals surface area contributed by atoms with Crippen LogP contribution >= 0.6 is 0 Å². The number of alkyl halides is 1. The lowest BCUT2D eigenvalue weighted by Gasteiger charge is -2.47. The van der Waals surface area contributed by atoms with Crippen LogP contribution in [0.15, 0.2) is 0 Å². The summed E-state index contributed by atoms with van der Waals surface area (Å²) in [6.07, 6.45) is 2.82. The molecule has 2 heterocycles. The molecule has 0 aromatic rings. The first-order valence-electron chi connectivity index (χ1n) is 7.38. The summed E-state index contributed by atoms with van der Waals surface area (Å²) in [5, 5.41) is 0. The number of ether oxygens (including phenoxy) is 1. The maximum absolute atomic E-state index is 14.3.